The molecule has 0 amide bonds. The average Bonchev–Trinajstić information content (AvgIpc) is 3.03. The fraction of sp³-hybridized carbons (Fsp3) is 0.385. The van der Waals surface area contributed by atoms with Crippen molar-refractivity contribution in [3.05, 3.63) is 17.7 Å². The normalized spacial score (nSPS) is 23.2. The number of fused-ring (bicyclic) bond motifs is 1. The zero-order chi connectivity index (χ0) is 14.3. The number of methoxy groups -OCH3 is 1. The standard InChI is InChI=1S/C13H13NO6/c1-6-10(13(15)16)14-20-11(6)7-3-8(17-2)12-9(4-7)18-5-19-12/h3-4,6,11H,5H2,1-2H3,(H,15,16)/t6-,11+/m0/s1. The molecule has 0 saturated heterocycles. The molecule has 2 aliphatic heterocycles. The number of benzene rings is 1. The fourth-order valence-electron chi connectivity index (χ4n) is 2.33. The Hall–Kier alpha value is -2.44. The lowest BCUT2D eigenvalue weighted by molar-refractivity contribution is -0.129. The lowest BCUT2D eigenvalue weighted by Gasteiger charge is -2.15. The minimum atomic E-state index is -1.08. The Bertz CT molecular complexity index is 597. The maximum absolute atomic E-state index is 11.0. The molecule has 0 saturated carbocycles. The minimum absolute atomic E-state index is 0.00614. The zero-order valence-electron chi connectivity index (χ0n) is 11.0. The summed E-state index contributed by atoms with van der Waals surface area (Å²) in [4.78, 5) is 16.3. The van der Waals surface area contributed by atoms with Crippen molar-refractivity contribution in [2.24, 2.45) is 11.1 Å². The second-order valence-corrected chi connectivity index (χ2v) is 4.55. The number of hydrogen-bond donors (Lipinski definition) is 1. The van der Waals surface area contributed by atoms with Gasteiger partial charge >= 0.3 is 5.97 Å². The van der Waals surface area contributed by atoms with Crippen LogP contribution in [0.5, 0.6) is 17.2 Å². The number of carboxylic acids is 1. The second kappa shape index (κ2) is 4.59. The zero-order valence-corrected chi connectivity index (χ0v) is 11.0. The van der Waals surface area contributed by atoms with Gasteiger partial charge in [0.2, 0.25) is 12.5 Å². The van der Waals surface area contributed by atoms with Crippen LogP contribution in [0.3, 0.4) is 0 Å². The Balaban J connectivity index is 1.95. The molecule has 1 N–H and O–H groups in total. The smallest absolute Gasteiger partial charge is 0.354 e. The Labute approximate surface area is 114 Å². The number of nitrogens with zero attached hydrogens (tertiary/aromatic N) is 1. The molecule has 7 nitrogen and oxygen atoms in total. The predicted octanol–water partition coefficient (Wildman–Crippen LogP) is 1.57. The molecule has 0 radical (unpaired) electrons. The summed E-state index contributed by atoms with van der Waals surface area (Å²) in [6.07, 6.45) is -0.482. The number of oxime groups is 1. The SMILES string of the molecule is COc1cc([C@@H]2ON=C(C(=O)O)[C@@H]2C)cc2c1OCO2. The largest absolute Gasteiger partial charge is 0.493 e. The molecule has 0 bridgehead atoms. The molecule has 7 heteroatoms. The van der Waals surface area contributed by atoms with Crippen molar-refractivity contribution in [3.8, 4) is 17.2 Å². The summed E-state index contributed by atoms with van der Waals surface area (Å²) < 4.78 is 15.9. The Kier molecular flexibility index (Phi) is 2.89. The van der Waals surface area contributed by atoms with E-state index in [1.54, 1.807) is 19.1 Å². The molecular formula is C13H13NO6. The van der Waals surface area contributed by atoms with E-state index in [1.165, 1.54) is 7.11 Å². The Morgan fingerprint density at radius 3 is 2.90 bits per heavy atom. The number of aliphatic carboxylic acids is 1. The van der Waals surface area contributed by atoms with Crippen molar-refractivity contribution in [1.82, 2.24) is 0 Å². The summed E-state index contributed by atoms with van der Waals surface area (Å²) >= 11 is 0. The van der Waals surface area contributed by atoms with E-state index >= 15 is 0 Å². The second-order valence-electron chi connectivity index (χ2n) is 4.55. The fourth-order valence-corrected chi connectivity index (χ4v) is 2.33. The van der Waals surface area contributed by atoms with Gasteiger partial charge in [0.15, 0.2) is 23.3 Å². The first-order valence-corrected chi connectivity index (χ1v) is 6.06. The van der Waals surface area contributed by atoms with Crippen LogP contribution in [0.1, 0.15) is 18.6 Å². The first kappa shape index (κ1) is 12.6. The summed E-state index contributed by atoms with van der Waals surface area (Å²) in [6.45, 7) is 1.88. The molecule has 0 aromatic heterocycles. The number of hydrogen-bond acceptors (Lipinski definition) is 6. The van der Waals surface area contributed by atoms with Gasteiger partial charge in [0, 0.05) is 5.56 Å². The van der Waals surface area contributed by atoms with Gasteiger partial charge in [-0.05, 0) is 12.1 Å². The number of ether oxygens (including phenoxy) is 3. The molecule has 2 atom stereocenters. The lowest BCUT2D eigenvalue weighted by Crippen LogP contribution is -2.21. The van der Waals surface area contributed by atoms with Crippen molar-refractivity contribution in [1.29, 1.82) is 0 Å². The minimum Gasteiger partial charge on any atom is -0.493 e. The first-order valence-electron chi connectivity index (χ1n) is 6.06. The lowest BCUT2D eigenvalue weighted by atomic mass is 9.93. The molecule has 106 valence electrons. The topological polar surface area (TPSA) is 86.6 Å². The van der Waals surface area contributed by atoms with Gasteiger partial charge in [0.1, 0.15) is 0 Å². The van der Waals surface area contributed by atoms with Crippen molar-refractivity contribution < 1.29 is 28.9 Å². The van der Waals surface area contributed by atoms with Crippen LogP contribution < -0.4 is 14.2 Å². The van der Waals surface area contributed by atoms with E-state index in [4.69, 9.17) is 24.2 Å². The number of carbonyl (C=O) groups is 1. The van der Waals surface area contributed by atoms with Crippen LogP contribution in [0.25, 0.3) is 0 Å². The molecule has 0 aliphatic carbocycles. The molecule has 2 aliphatic rings. The maximum atomic E-state index is 11.0. The molecule has 0 fully saturated rings. The summed E-state index contributed by atoms with van der Waals surface area (Å²) in [6, 6.07) is 3.50. The van der Waals surface area contributed by atoms with E-state index in [0.29, 0.717) is 17.2 Å². The molecule has 2 heterocycles. The van der Waals surface area contributed by atoms with Gasteiger partial charge in [0.25, 0.3) is 0 Å². The third-order valence-corrected chi connectivity index (χ3v) is 3.38. The van der Waals surface area contributed by atoms with Gasteiger partial charge < -0.3 is 24.2 Å². The van der Waals surface area contributed by atoms with Gasteiger partial charge in [0.05, 0.1) is 13.0 Å². The highest BCUT2D eigenvalue weighted by Gasteiger charge is 2.37. The van der Waals surface area contributed by atoms with Crippen LogP contribution >= 0.6 is 0 Å². The van der Waals surface area contributed by atoms with E-state index in [9.17, 15) is 4.79 Å². The summed E-state index contributed by atoms with van der Waals surface area (Å²) in [5.74, 6) is 0.181. The maximum Gasteiger partial charge on any atom is 0.354 e. The van der Waals surface area contributed by atoms with Crippen LogP contribution in [0.4, 0.5) is 0 Å². The van der Waals surface area contributed by atoms with Gasteiger partial charge in [-0.1, -0.05) is 12.1 Å². The molecular weight excluding hydrogens is 266 g/mol. The van der Waals surface area contributed by atoms with E-state index in [1.807, 2.05) is 0 Å². The Morgan fingerprint density at radius 1 is 1.45 bits per heavy atom. The Morgan fingerprint density at radius 2 is 2.25 bits per heavy atom. The monoisotopic (exact) mass is 279 g/mol. The third-order valence-electron chi connectivity index (χ3n) is 3.38. The first-order chi connectivity index (χ1) is 9.61. The van der Waals surface area contributed by atoms with E-state index < -0.39 is 12.1 Å². The van der Waals surface area contributed by atoms with E-state index in [2.05, 4.69) is 5.16 Å². The number of carboxylic acid groups (broad SMARTS) is 1. The van der Waals surface area contributed by atoms with Crippen LogP contribution in [-0.2, 0) is 9.63 Å². The van der Waals surface area contributed by atoms with Crippen LogP contribution in [0.2, 0.25) is 0 Å². The van der Waals surface area contributed by atoms with Crippen molar-refractivity contribution in [3.63, 3.8) is 0 Å². The van der Waals surface area contributed by atoms with Crippen LogP contribution in [-0.4, -0.2) is 30.7 Å². The molecule has 0 unspecified atom stereocenters. The highest BCUT2D eigenvalue weighted by atomic mass is 16.7. The summed E-state index contributed by atoms with van der Waals surface area (Å²) in [7, 11) is 1.53. The quantitative estimate of drug-likeness (QED) is 0.903. The summed E-state index contributed by atoms with van der Waals surface area (Å²) in [5.41, 5.74) is 0.741. The molecule has 20 heavy (non-hydrogen) atoms. The summed E-state index contributed by atoms with van der Waals surface area (Å²) in [5, 5.41) is 12.7. The average molecular weight is 279 g/mol. The van der Waals surface area contributed by atoms with E-state index in [0.717, 1.165) is 5.56 Å². The van der Waals surface area contributed by atoms with Gasteiger partial charge in [-0.25, -0.2) is 4.79 Å². The predicted molar refractivity (Wildman–Crippen MR) is 67.2 cm³/mol. The molecule has 1 aromatic carbocycles. The van der Waals surface area contributed by atoms with Crippen molar-refractivity contribution in [2.45, 2.75) is 13.0 Å². The van der Waals surface area contributed by atoms with Crippen LogP contribution in [0, 0.1) is 5.92 Å². The molecule has 1 aromatic rings. The third kappa shape index (κ3) is 1.82. The van der Waals surface area contributed by atoms with Crippen LogP contribution in [0.15, 0.2) is 17.3 Å². The number of rotatable bonds is 3. The highest BCUT2D eigenvalue weighted by molar-refractivity contribution is 6.36. The van der Waals surface area contributed by atoms with Crippen molar-refractivity contribution in [2.75, 3.05) is 13.9 Å². The molecule has 0 spiro atoms. The van der Waals surface area contributed by atoms with Gasteiger partial charge in [-0.15, -0.1) is 0 Å². The van der Waals surface area contributed by atoms with Gasteiger partial charge in [-0.3, -0.25) is 0 Å². The van der Waals surface area contributed by atoms with E-state index in [-0.39, 0.29) is 18.4 Å². The van der Waals surface area contributed by atoms with Crippen molar-refractivity contribution >= 4 is 11.7 Å². The van der Waals surface area contributed by atoms with Gasteiger partial charge in [-0.2, -0.15) is 0 Å². The highest BCUT2D eigenvalue weighted by Crippen LogP contribution is 2.45. The molecule has 3 rings (SSSR count).